The van der Waals surface area contributed by atoms with E-state index < -0.39 is 0 Å². The number of aliphatic hydroxyl groups is 1. The molecule has 1 aromatic carbocycles. The molecule has 3 heteroatoms. The number of nitrogens with one attached hydrogen (secondary N) is 1. The summed E-state index contributed by atoms with van der Waals surface area (Å²) >= 11 is 0. The van der Waals surface area contributed by atoms with Gasteiger partial charge in [-0.2, -0.15) is 0 Å². The van der Waals surface area contributed by atoms with Crippen molar-refractivity contribution in [2.24, 2.45) is 5.92 Å². The fourth-order valence-corrected chi connectivity index (χ4v) is 1.86. The van der Waals surface area contributed by atoms with Crippen molar-refractivity contribution in [2.45, 2.75) is 12.3 Å². The van der Waals surface area contributed by atoms with Crippen LogP contribution >= 0.6 is 0 Å². The van der Waals surface area contributed by atoms with Crippen LogP contribution in [-0.2, 0) is 4.79 Å². The van der Waals surface area contributed by atoms with E-state index in [1.807, 2.05) is 18.2 Å². The second-order valence-corrected chi connectivity index (χ2v) is 3.87. The molecular weight excluding hydrogens is 190 g/mol. The highest BCUT2D eigenvalue weighted by Crippen LogP contribution is 2.47. The predicted octanol–water partition coefficient (Wildman–Crippen LogP) is 0.899. The maximum absolute atomic E-state index is 11.5. The minimum atomic E-state index is 0.00840. The fourth-order valence-electron chi connectivity index (χ4n) is 1.86. The Hall–Kier alpha value is -1.35. The van der Waals surface area contributed by atoms with E-state index in [4.69, 9.17) is 5.11 Å². The molecule has 0 aromatic heterocycles. The van der Waals surface area contributed by atoms with Gasteiger partial charge in [-0.05, 0) is 17.9 Å². The summed E-state index contributed by atoms with van der Waals surface area (Å²) in [6, 6.07) is 10.1. The second-order valence-electron chi connectivity index (χ2n) is 3.87. The van der Waals surface area contributed by atoms with Crippen LogP contribution in [0.4, 0.5) is 0 Å². The molecular formula is C12H15NO2. The first-order chi connectivity index (χ1) is 7.33. The molecule has 1 fully saturated rings. The van der Waals surface area contributed by atoms with Gasteiger partial charge in [0.15, 0.2) is 0 Å². The molecule has 15 heavy (non-hydrogen) atoms. The summed E-state index contributed by atoms with van der Waals surface area (Å²) < 4.78 is 0. The quantitative estimate of drug-likeness (QED) is 0.767. The Kier molecular flexibility index (Phi) is 3.02. The van der Waals surface area contributed by atoms with E-state index in [-0.39, 0.29) is 18.4 Å². The first kappa shape index (κ1) is 10.2. The zero-order valence-electron chi connectivity index (χ0n) is 8.52. The van der Waals surface area contributed by atoms with Gasteiger partial charge in [0.25, 0.3) is 0 Å². The Balaban J connectivity index is 1.88. The molecule has 0 saturated heterocycles. The lowest BCUT2D eigenvalue weighted by atomic mass is 10.1. The smallest absolute Gasteiger partial charge is 0.223 e. The van der Waals surface area contributed by atoms with E-state index >= 15 is 0 Å². The lowest BCUT2D eigenvalue weighted by Gasteiger charge is -2.02. The third-order valence-electron chi connectivity index (χ3n) is 2.77. The van der Waals surface area contributed by atoms with Gasteiger partial charge in [-0.3, -0.25) is 4.79 Å². The van der Waals surface area contributed by atoms with Crippen LogP contribution in [0.15, 0.2) is 30.3 Å². The van der Waals surface area contributed by atoms with E-state index in [0.29, 0.717) is 12.5 Å². The highest BCUT2D eigenvalue weighted by atomic mass is 16.3. The predicted molar refractivity (Wildman–Crippen MR) is 57.4 cm³/mol. The van der Waals surface area contributed by atoms with Crippen LogP contribution < -0.4 is 5.32 Å². The highest BCUT2D eigenvalue weighted by molar-refractivity contribution is 5.82. The highest BCUT2D eigenvalue weighted by Gasteiger charge is 2.43. The van der Waals surface area contributed by atoms with Gasteiger partial charge in [0.05, 0.1) is 6.61 Å². The first-order valence-electron chi connectivity index (χ1n) is 5.26. The van der Waals surface area contributed by atoms with Gasteiger partial charge in [-0.25, -0.2) is 0 Å². The van der Waals surface area contributed by atoms with Crippen LogP contribution in [0.1, 0.15) is 17.9 Å². The van der Waals surface area contributed by atoms with Crippen LogP contribution in [0.2, 0.25) is 0 Å². The first-order valence-corrected chi connectivity index (χ1v) is 5.26. The molecule has 2 rings (SSSR count). The van der Waals surface area contributed by atoms with Crippen molar-refractivity contribution >= 4 is 5.91 Å². The Morgan fingerprint density at radius 3 is 2.80 bits per heavy atom. The Labute approximate surface area is 89.1 Å². The average molecular weight is 205 g/mol. The Bertz CT molecular complexity index is 337. The topological polar surface area (TPSA) is 49.3 Å². The van der Waals surface area contributed by atoms with E-state index in [0.717, 1.165) is 6.42 Å². The number of carbonyl (C=O) groups excluding carboxylic acids is 1. The molecule has 0 radical (unpaired) electrons. The summed E-state index contributed by atoms with van der Waals surface area (Å²) in [5.41, 5.74) is 1.24. The molecule has 2 unspecified atom stereocenters. The van der Waals surface area contributed by atoms with E-state index in [1.165, 1.54) is 5.56 Å². The maximum Gasteiger partial charge on any atom is 0.223 e. The van der Waals surface area contributed by atoms with Gasteiger partial charge in [0.1, 0.15) is 0 Å². The fraction of sp³-hybridized carbons (Fsp3) is 0.417. The number of amides is 1. The lowest BCUT2D eigenvalue weighted by molar-refractivity contribution is -0.122. The number of rotatable bonds is 4. The molecule has 80 valence electrons. The molecule has 2 N–H and O–H groups in total. The van der Waals surface area contributed by atoms with Crippen LogP contribution in [0, 0.1) is 5.92 Å². The van der Waals surface area contributed by atoms with Gasteiger partial charge in [0, 0.05) is 12.5 Å². The zero-order chi connectivity index (χ0) is 10.7. The number of aliphatic hydroxyl groups excluding tert-OH is 1. The summed E-state index contributed by atoms with van der Waals surface area (Å²) in [6.07, 6.45) is 0.932. The molecule has 1 saturated carbocycles. The number of carbonyl (C=O) groups is 1. The van der Waals surface area contributed by atoms with Crippen LogP contribution in [0.3, 0.4) is 0 Å². The SMILES string of the molecule is O=C(NCCO)C1CC1c1ccccc1. The summed E-state index contributed by atoms with van der Waals surface area (Å²) in [5, 5.41) is 11.3. The summed E-state index contributed by atoms with van der Waals surface area (Å²) in [7, 11) is 0. The van der Waals surface area contributed by atoms with E-state index in [1.54, 1.807) is 0 Å². The molecule has 3 nitrogen and oxygen atoms in total. The van der Waals surface area contributed by atoms with Gasteiger partial charge in [-0.15, -0.1) is 0 Å². The van der Waals surface area contributed by atoms with Crippen LogP contribution in [0.5, 0.6) is 0 Å². The minimum Gasteiger partial charge on any atom is -0.395 e. The summed E-state index contributed by atoms with van der Waals surface area (Å²) in [6.45, 7) is 0.366. The normalized spacial score (nSPS) is 23.5. The lowest BCUT2D eigenvalue weighted by Crippen LogP contribution is -2.28. The summed E-state index contributed by atoms with van der Waals surface area (Å²) in [4.78, 5) is 11.5. The second kappa shape index (κ2) is 4.45. The number of benzene rings is 1. The zero-order valence-corrected chi connectivity index (χ0v) is 8.52. The third kappa shape index (κ3) is 2.36. The minimum absolute atomic E-state index is 0.00840. The molecule has 2 atom stereocenters. The molecule has 0 heterocycles. The standard InChI is InChI=1S/C12H15NO2/c14-7-6-13-12(15)11-8-10(11)9-4-2-1-3-5-9/h1-5,10-11,14H,6-8H2,(H,13,15). The van der Waals surface area contributed by atoms with Crippen molar-refractivity contribution in [3.8, 4) is 0 Å². The van der Waals surface area contributed by atoms with Crippen molar-refractivity contribution in [3.05, 3.63) is 35.9 Å². The van der Waals surface area contributed by atoms with Crippen molar-refractivity contribution in [3.63, 3.8) is 0 Å². The van der Waals surface area contributed by atoms with Gasteiger partial charge in [-0.1, -0.05) is 30.3 Å². The monoisotopic (exact) mass is 205 g/mol. The van der Waals surface area contributed by atoms with Crippen LogP contribution in [-0.4, -0.2) is 24.2 Å². The third-order valence-corrected chi connectivity index (χ3v) is 2.77. The Morgan fingerprint density at radius 1 is 1.40 bits per heavy atom. The molecule has 1 aromatic rings. The van der Waals surface area contributed by atoms with Gasteiger partial charge in [0.2, 0.25) is 5.91 Å². The number of hydrogen-bond acceptors (Lipinski definition) is 2. The maximum atomic E-state index is 11.5. The Morgan fingerprint density at radius 2 is 2.13 bits per heavy atom. The molecule has 0 aliphatic heterocycles. The van der Waals surface area contributed by atoms with Crippen molar-refractivity contribution < 1.29 is 9.90 Å². The average Bonchev–Trinajstić information content (AvgIpc) is 3.07. The molecule has 1 aliphatic rings. The van der Waals surface area contributed by atoms with E-state index in [9.17, 15) is 4.79 Å². The number of hydrogen-bond donors (Lipinski definition) is 2. The summed E-state index contributed by atoms with van der Waals surface area (Å²) in [5.74, 6) is 0.557. The van der Waals surface area contributed by atoms with Gasteiger partial charge >= 0.3 is 0 Å². The van der Waals surface area contributed by atoms with Gasteiger partial charge < -0.3 is 10.4 Å². The molecule has 1 amide bonds. The largest absolute Gasteiger partial charge is 0.395 e. The molecule has 1 aliphatic carbocycles. The molecule has 0 bridgehead atoms. The van der Waals surface area contributed by atoms with Crippen molar-refractivity contribution in [2.75, 3.05) is 13.2 Å². The van der Waals surface area contributed by atoms with Crippen molar-refractivity contribution in [1.29, 1.82) is 0 Å². The van der Waals surface area contributed by atoms with Crippen LogP contribution in [0.25, 0.3) is 0 Å². The van der Waals surface area contributed by atoms with Crippen molar-refractivity contribution in [1.82, 2.24) is 5.32 Å². The molecule has 0 spiro atoms. The van der Waals surface area contributed by atoms with E-state index in [2.05, 4.69) is 17.4 Å².